The number of nitrogens with zero attached hydrogens (tertiary/aromatic N) is 2. The van der Waals surface area contributed by atoms with Gasteiger partial charge in [0, 0.05) is 24.4 Å². The van der Waals surface area contributed by atoms with Crippen molar-refractivity contribution in [2.75, 3.05) is 6.54 Å². The zero-order valence-corrected chi connectivity index (χ0v) is 11.3. The topological polar surface area (TPSA) is 72.0 Å². The molecule has 0 radical (unpaired) electrons. The third kappa shape index (κ3) is 2.58. The van der Waals surface area contributed by atoms with Crippen LogP contribution in [0, 0.1) is 13.8 Å². The van der Waals surface area contributed by atoms with E-state index in [0.717, 1.165) is 21.3 Å². The van der Waals surface area contributed by atoms with Crippen LogP contribution in [-0.4, -0.2) is 21.6 Å². The molecular weight excluding hydrogens is 246 g/mol. The second kappa shape index (κ2) is 5.56. The van der Waals surface area contributed by atoms with E-state index in [1.54, 1.807) is 6.20 Å². The molecule has 0 amide bonds. The number of rotatable bonds is 4. The zero-order chi connectivity index (χ0) is 13.1. The fourth-order valence-electron chi connectivity index (χ4n) is 2.01. The summed E-state index contributed by atoms with van der Waals surface area (Å²) in [6, 6.07) is 5.65. The summed E-state index contributed by atoms with van der Waals surface area (Å²) >= 11 is 1.52. The van der Waals surface area contributed by atoms with Gasteiger partial charge in [-0.15, -0.1) is 11.3 Å². The average molecular weight is 263 g/mol. The van der Waals surface area contributed by atoms with Crippen LogP contribution in [0.4, 0.5) is 0 Å². The molecule has 2 rings (SSSR count). The van der Waals surface area contributed by atoms with Gasteiger partial charge in [-0.25, -0.2) is 4.98 Å². The Balaban J connectivity index is 2.31. The minimum atomic E-state index is -0.643. The first-order chi connectivity index (χ1) is 8.63. The fraction of sp³-hybridized carbons (Fsp3) is 0.385. The van der Waals surface area contributed by atoms with Crippen molar-refractivity contribution in [3.8, 4) is 0 Å². The molecule has 0 fully saturated rings. The van der Waals surface area contributed by atoms with Crippen LogP contribution in [0.25, 0.3) is 0 Å². The Morgan fingerprint density at radius 1 is 1.39 bits per heavy atom. The number of aliphatic hydroxyl groups excluding tert-OH is 1. The van der Waals surface area contributed by atoms with Crippen molar-refractivity contribution in [3.05, 3.63) is 45.7 Å². The molecule has 0 aliphatic rings. The molecule has 2 aromatic heterocycles. The highest BCUT2D eigenvalue weighted by Crippen LogP contribution is 2.34. The smallest absolute Gasteiger partial charge is 0.0996 e. The van der Waals surface area contributed by atoms with Crippen LogP contribution >= 0.6 is 11.3 Å². The summed E-state index contributed by atoms with van der Waals surface area (Å²) < 4.78 is 0. The van der Waals surface area contributed by atoms with Crippen LogP contribution in [0.1, 0.15) is 33.3 Å². The quantitative estimate of drug-likeness (QED) is 0.884. The van der Waals surface area contributed by atoms with Gasteiger partial charge in [0.25, 0.3) is 0 Å². The van der Waals surface area contributed by atoms with E-state index in [1.807, 2.05) is 32.0 Å². The first kappa shape index (κ1) is 13.1. The lowest BCUT2D eigenvalue weighted by Crippen LogP contribution is -2.21. The number of nitrogens with two attached hydrogens (primary N) is 1. The Labute approximate surface area is 111 Å². The summed E-state index contributed by atoms with van der Waals surface area (Å²) in [5, 5.41) is 11.4. The highest BCUT2D eigenvalue weighted by molar-refractivity contribution is 7.11. The van der Waals surface area contributed by atoms with E-state index in [0.29, 0.717) is 6.54 Å². The molecule has 0 aliphatic carbocycles. The van der Waals surface area contributed by atoms with Crippen molar-refractivity contribution in [3.63, 3.8) is 0 Å². The molecule has 3 N–H and O–H groups in total. The van der Waals surface area contributed by atoms with Crippen LogP contribution < -0.4 is 5.73 Å². The van der Waals surface area contributed by atoms with Crippen LogP contribution in [0.15, 0.2) is 24.4 Å². The maximum Gasteiger partial charge on any atom is 0.0996 e. The lowest BCUT2D eigenvalue weighted by Gasteiger charge is -2.20. The molecule has 0 bridgehead atoms. The molecule has 5 heteroatoms. The molecule has 0 saturated heterocycles. The van der Waals surface area contributed by atoms with E-state index in [2.05, 4.69) is 9.97 Å². The lowest BCUT2D eigenvalue weighted by atomic mass is 9.96. The normalized spacial score (nSPS) is 14.4. The number of pyridine rings is 1. The van der Waals surface area contributed by atoms with Gasteiger partial charge in [-0.1, -0.05) is 6.07 Å². The van der Waals surface area contributed by atoms with E-state index in [1.165, 1.54) is 11.3 Å². The molecule has 4 nitrogen and oxygen atoms in total. The van der Waals surface area contributed by atoms with Crippen LogP contribution in [0.5, 0.6) is 0 Å². The largest absolute Gasteiger partial charge is 0.387 e. The van der Waals surface area contributed by atoms with E-state index in [4.69, 9.17) is 5.73 Å². The van der Waals surface area contributed by atoms with E-state index in [9.17, 15) is 5.11 Å². The fourth-order valence-corrected chi connectivity index (χ4v) is 2.99. The van der Waals surface area contributed by atoms with Gasteiger partial charge in [-0.3, -0.25) is 4.98 Å². The molecular formula is C13H17N3OS. The molecule has 2 heterocycles. The number of aryl methyl sites for hydroxylation is 2. The van der Waals surface area contributed by atoms with Gasteiger partial charge in [-0.2, -0.15) is 0 Å². The highest BCUT2D eigenvalue weighted by Gasteiger charge is 2.25. The number of thiazole rings is 1. The molecule has 0 aromatic carbocycles. The minimum Gasteiger partial charge on any atom is -0.387 e. The average Bonchev–Trinajstić information content (AvgIpc) is 2.70. The summed E-state index contributed by atoms with van der Waals surface area (Å²) in [6.45, 7) is 4.20. The van der Waals surface area contributed by atoms with E-state index < -0.39 is 6.10 Å². The van der Waals surface area contributed by atoms with Crippen molar-refractivity contribution in [2.24, 2.45) is 5.73 Å². The van der Waals surface area contributed by atoms with Gasteiger partial charge >= 0.3 is 0 Å². The first-order valence-electron chi connectivity index (χ1n) is 5.86. The van der Waals surface area contributed by atoms with Gasteiger partial charge in [0.05, 0.1) is 21.7 Å². The Bertz CT molecular complexity index is 512. The number of aliphatic hydroxyl groups is 1. The van der Waals surface area contributed by atoms with Gasteiger partial charge < -0.3 is 10.8 Å². The Hall–Kier alpha value is -1.30. The van der Waals surface area contributed by atoms with Crippen LogP contribution in [-0.2, 0) is 0 Å². The van der Waals surface area contributed by atoms with Crippen molar-refractivity contribution in [1.82, 2.24) is 9.97 Å². The molecule has 96 valence electrons. The summed E-state index contributed by atoms with van der Waals surface area (Å²) in [4.78, 5) is 9.50. The lowest BCUT2D eigenvalue weighted by molar-refractivity contribution is 0.148. The van der Waals surface area contributed by atoms with Gasteiger partial charge in [-0.05, 0) is 26.0 Å². The Kier molecular flexibility index (Phi) is 4.06. The van der Waals surface area contributed by atoms with Gasteiger partial charge in [0.1, 0.15) is 0 Å². The van der Waals surface area contributed by atoms with Gasteiger partial charge in [0.2, 0.25) is 0 Å². The summed E-state index contributed by atoms with van der Waals surface area (Å²) in [5.74, 6) is -0.190. The molecule has 0 aliphatic heterocycles. The predicted octanol–water partition coefficient (Wildman–Crippen LogP) is 1.93. The molecule has 2 aromatic rings. The second-order valence-electron chi connectivity index (χ2n) is 4.22. The summed E-state index contributed by atoms with van der Waals surface area (Å²) in [5.41, 5.74) is 7.48. The van der Waals surface area contributed by atoms with Crippen molar-refractivity contribution < 1.29 is 5.11 Å². The highest BCUT2D eigenvalue weighted by atomic mass is 32.1. The Morgan fingerprint density at radius 3 is 2.67 bits per heavy atom. The SMILES string of the molecule is Cc1nc(C)c(C(O)C(CN)c2ccccn2)s1. The third-order valence-corrected chi connectivity index (χ3v) is 4.05. The predicted molar refractivity (Wildman–Crippen MR) is 72.6 cm³/mol. The summed E-state index contributed by atoms with van der Waals surface area (Å²) in [7, 11) is 0. The molecule has 2 atom stereocenters. The maximum atomic E-state index is 10.5. The van der Waals surface area contributed by atoms with E-state index >= 15 is 0 Å². The number of hydrogen-bond acceptors (Lipinski definition) is 5. The second-order valence-corrected chi connectivity index (χ2v) is 5.46. The van der Waals surface area contributed by atoms with E-state index in [-0.39, 0.29) is 5.92 Å². The maximum absolute atomic E-state index is 10.5. The van der Waals surface area contributed by atoms with Crippen LogP contribution in [0.2, 0.25) is 0 Å². The third-order valence-electron chi connectivity index (χ3n) is 2.91. The van der Waals surface area contributed by atoms with Crippen LogP contribution in [0.3, 0.4) is 0 Å². The zero-order valence-electron chi connectivity index (χ0n) is 10.5. The minimum absolute atomic E-state index is 0.190. The van der Waals surface area contributed by atoms with Crippen molar-refractivity contribution in [1.29, 1.82) is 0 Å². The molecule has 18 heavy (non-hydrogen) atoms. The summed E-state index contributed by atoms with van der Waals surface area (Å²) in [6.07, 6.45) is 1.08. The monoisotopic (exact) mass is 263 g/mol. The number of aromatic nitrogens is 2. The molecule has 0 saturated carbocycles. The van der Waals surface area contributed by atoms with Crippen molar-refractivity contribution >= 4 is 11.3 Å². The van der Waals surface area contributed by atoms with Crippen molar-refractivity contribution in [2.45, 2.75) is 25.9 Å². The first-order valence-corrected chi connectivity index (χ1v) is 6.68. The standard InChI is InChI=1S/C13H17N3OS/c1-8-13(18-9(2)16-8)12(17)10(7-14)11-5-3-4-6-15-11/h3-6,10,12,17H,7,14H2,1-2H3. The Morgan fingerprint density at radius 2 is 2.17 bits per heavy atom. The molecule has 2 unspecified atom stereocenters. The van der Waals surface area contributed by atoms with Gasteiger partial charge in [0.15, 0.2) is 0 Å². The molecule has 0 spiro atoms. The number of hydrogen-bond donors (Lipinski definition) is 2.